The van der Waals surface area contributed by atoms with Gasteiger partial charge in [0.1, 0.15) is 0 Å². The largest absolute Gasteiger partial charge is 0.448 e. The quantitative estimate of drug-likeness (QED) is 0.662. The molecule has 31 heavy (non-hydrogen) atoms. The second-order valence-corrected chi connectivity index (χ2v) is 9.61. The van der Waals surface area contributed by atoms with Crippen LogP contribution >= 0.6 is 0 Å². The van der Waals surface area contributed by atoms with Crippen LogP contribution in [0.25, 0.3) is 0 Å². The summed E-state index contributed by atoms with van der Waals surface area (Å²) in [6.45, 7) is 2.86. The normalized spacial score (nSPS) is 17.5. The standard InChI is InChI=1S/C22H24N2O6S/c1-14(24-31(27,28)18-8-5-16(6-9-18)15(2)25)21(26)23-17-7-10-19-20(13-17)30-22(29-19)11-3-4-12-22/h5-10,13-14,24H,3-4,11-12H2,1-2H3,(H,23,26)/t14-/m0/s1. The van der Waals surface area contributed by atoms with Gasteiger partial charge in [0.15, 0.2) is 17.3 Å². The lowest BCUT2D eigenvalue weighted by molar-refractivity contribution is -0.117. The average Bonchev–Trinajstić information content (AvgIpc) is 3.33. The Hall–Kier alpha value is -2.91. The summed E-state index contributed by atoms with van der Waals surface area (Å²) in [5.74, 6) is -0.0574. The highest BCUT2D eigenvalue weighted by atomic mass is 32.2. The third-order valence-electron chi connectivity index (χ3n) is 5.46. The van der Waals surface area contributed by atoms with Crippen molar-refractivity contribution in [3.8, 4) is 11.5 Å². The zero-order chi connectivity index (χ0) is 22.2. The fourth-order valence-electron chi connectivity index (χ4n) is 3.76. The van der Waals surface area contributed by atoms with E-state index in [1.807, 2.05) is 0 Å². The van der Waals surface area contributed by atoms with E-state index < -0.39 is 27.8 Å². The fraction of sp³-hybridized carbons (Fsp3) is 0.364. The van der Waals surface area contributed by atoms with Crippen LogP contribution in [0.15, 0.2) is 47.4 Å². The van der Waals surface area contributed by atoms with Crippen LogP contribution in [0.3, 0.4) is 0 Å². The first-order valence-electron chi connectivity index (χ1n) is 10.1. The number of hydrogen-bond donors (Lipinski definition) is 2. The van der Waals surface area contributed by atoms with Gasteiger partial charge in [0.25, 0.3) is 5.79 Å². The van der Waals surface area contributed by atoms with Gasteiger partial charge in [-0.3, -0.25) is 9.59 Å². The average molecular weight is 445 g/mol. The molecule has 2 aromatic carbocycles. The molecule has 1 fully saturated rings. The Morgan fingerprint density at radius 2 is 1.65 bits per heavy atom. The molecule has 2 aliphatic rings. The molecule has 164 valence electrons. The summed E-state index contributed by atoms with van der Waals surface area (Å²) >= 11 is 0. The molecule has 0 bridgehead atoms. The van der Waals surface area contributed by atoms with E-state index in [4.69, 9.17) is 9.47 Å². The maximum atomic E-state index is 12.6. The van der Waals surface area contributed by atoms with Gasteiger partial charge in [-0.1, -0.05) is 12.1 Å². The summed E-state index contributed by atoms with van der Waals surface area (Å²) in [4.78, 5) is 23.9. The Balaban J connectivity index is 1.40. The molecular formula is C22H24N2O6S. The van der Waals surface area contributed by atoms with Gasteiger partial charge in [-0.2, -0.15) is 4.72 Å². The number of rotatable bonds is 6. The first-order chi connectivity index (χ1) is 14.7. The second kappa shape index (κ2) is 7.97. The number of ether oxygens (including phenoxy) is 2. The van der Waals surface area contributed by atoms with E-state index in [0.29, 0.717) is 22.7 Å². The summed E-state index contributed by atoms with van der Waals surface area (Å²) in [6, 6.07) is 9.63. The number of carbonyl (C=O) groups excluding carboxylic acids is 2. The summed E-state index contributed by atoms with van der Waals surface area (Å²) in [5, 5.41) is 2.70. The number of ketones is 1. The molecule has 4 rings (SSSR count). The number of benzene rings is 2. The van der Waals surface area contributed by atoms with Crippen molar-refractivity contribution in [2.24, 2.45) is 0 Å². The third-order valence-corrected chi connectivity index (χ3v) is 7.02. The number of amides is 1. The van der Waals surface area contributed by atoms with E-state index in [2.05, 4.69) is 10.0 Å². The number of sulfonamides is 1. The van der Waals surface area contributed by atoms with Crippen molar-refractivity contribution in [2.75, 3.05) is 5.32 Å². The predicted molar refractivity (Wildman–Crippen MR) is 114 cm³/mol. The van der Waals surface area contributed by atoms with E-state index in [0.717, 1.165) is 25.7 Å². The molecule has 0 aromatic heterocycles. The minimum absolute atomic E-state index is 0.0258. The van der Waals surface area contributed by atoms with Gasteiger partial charge in [0.05, 0.1) is 10.9 Å². The van der Waals surface area contributed by atoms with E-state index >= 15 is 0 Å². The minimum Gasteiger partial charge on any atom is -0.448 e. The molecule has 1 spiro atoms. The van der Waals surface area contributed by atoms with Crippen molar-refractivity contribution in [1.82, 2.24) is 4.72 Å². The maximum Gasteiger partial charge on any atom is 0.251 e. The molecule has 8 nitrogen and oxygen atoms in total. The third kappa shape index (κ3) is 4.42. The molecule has 2 N–H and O–H groups in total. The minimum atomic E-state index is -3.93. The van der Waals surface area contributed by atoms with Crippen molar-refractivity contribution >= 4 is 27.4 Å². The van der Waals surface area contributed by atoms with Gasteiger partial charge in [0, 0.05) is 30.2 Å². The Bertz CT molecular complexity index is 1120. The van der Waals surface area contributed by atoms with E-state index in [-0.39, 0.29) is 10.7 Å². The molecular weight excluding hydrogens is 420 g/mol. The van der Waals surface area contributed by atoms with Crippen LogP contribution in [0.2, 0.25) is 0 Å². The van der Waals surface area contributed by atoms with Gasteiger partial charge < -0.3 is 14.8 Å². The maximum absolute atomic E-state index is 12.6. The van der Waals surface area contributed by atoms with Crippen LogP contribution in [-0.4, -0.2) is 31.9 Å². The highest BCUT2D eigenvalue weighted by Crippen LogP contribution is 2.47. The number of anilines is 1. The molecule has 1 aliphatic carbocycles. The molecule has 2 aromatic rings. The van der Waals surface area contributed by atoms with Crippen LogP contribution < -0.4 is 19.5 Å². The molecule has 9 heteroatoms. The Morgan fingerprint density at radius 3 is 2.29 bits per heavy atom. The highest BCUT2D eigenvalue weighted by Gasteiger charge is 2.44. The van der Waals surface area contributed by atoms with E-state index in [9.17, 15) is 18.0 Å². The Labute approximate surface area is 181 Å². The number of hydrogen-bond acceptors (Lipinski definition) is 6. The van der Waals surface area contributed by atoms with Crippen LogP contribution in [0.4, 0.5) is 5.69 Å². The SMILES string of the molecule is CC(=O)c1ccc(S(=O)(=O)N[C@@H](C)C(=O)Nc2ccc3c(c2)OC2(CCCC2)O3)cc1. The van der Waals surface area contributed by atoms with Crippen molar-refractivity contribution in [2.45, 2.75) is 56.3 Å². The molecule has 1 aliphatic heterocycles. The van der Waals surface area contributed by atoms with Gasteiger partial charge in [0.2, 0.25) is 15.9 Å². The number of Topliss-reactive ketones (excluding diaryl/α,β-unsaturated/α-hetero) is 1. The molecule has 0 unspecified atom stereocenters. The van der Waals surface area contributed by atoms with Gasteiger partial charge in [-0.15, -0.1) is 0 Å². The lowest BCUT2D eigenvalue weighted by Gasteiger charge is -2.21. The number of carbonyl (C=O) groups is 2. The van der Waals surface area contributed by atoms with Crippen LogP contribution in [0.1, 0.15) is 49.9 Å². The lowest BCUT2D eigenvalue weighted by atomic mass is 10.2. The summed E-state index contributed by atoms with van der Waals surface area (Å²) in [7, 11) is -3.93. The van der Waals surface area contributed by atoms with Crippen LogP contribution in [0, 0.1) is 0 Å². The first-order valence-corrected chi connectivity index (χ1v) is 11.6. The number of nitrogens with one attached hydrogen (secondary N) is 2. The Morgan fingerprint density at radius 1 is 1.00 bits per heavy atom. The predicted octanol–water partition coefficient (Wildman–Crippen LogP) is 3.24. The van der Waals surface area contributed by atoms with Crippen molar-refractivity contribution in [3.05, 3.63) is 48.0 Å². The van der Waals surface area contributed by atoms with E-state index in [1.165, 1.54) is 38.1 Å². The molecule has 1 saturated carbocycles. The topological polar surface area (TPSA) is 111 Å². The van der Waals surface area contributed by atoms with Crippen molar-refractivity contribution < 1.29 is 27.5 Å². The fourth-order valence-corrected chi connectivity index (χ4v) is 4.97. The van der Waals surface area contributed by atoms with Crippen molar-refractivity contribution in [1.29, 1.82) is 0 Å². The van der Waals surface area contributed by atoms with Gasteiger partial charge >= 0.3 is 0 Å². The zero-order valence-corrected chi connectivity index (χ0v) is 18.1. The first kappa shape index (κ1) is 21.3. The van der Waals surface area contributed by atoms with Crippen LogP contribution in [0.5, 0.6) is 11.5 Å². The summed E-state index contributed by atoms with van der Waals surface area (Å²) in [6.07, 6.45) is 3.75. The van der Waals surface area contributed by atoms with Crippen LogP contribution in [-0.2, 0) is 14.8 Å². The Kier molecular flexibility index (Phi) is 5.49. The van der Waals surface area contributed by atoms with E-state index in [1.54, 1.807) is 18.2 Å². The molecule has 1 atom stereocenters. The zero-order valence-electron chi connectivity index (χ0n) is 17.3. The monoisotopic (exact) mass is 444 g/mol. The summed E-state index contributed by atoms with van der Waals surface area (Å²) < 4.78 is 39.4. The molecule has 1 amide bonds. The van der Waals surface area contributed by atoms with Crippen molar-refractivity contribution in [3.63, 3.8) is 0 Å². The highest BCUT2D eigenvalue weighted by molar-refractivity contribution is 7.89. The second-order valence-electron chi connectivity index (χ2n) is 7.90. The lowest BCUT2D eigenvalue weighted by Crippen LogP contribution is -2.41. The summed E-state index contributed by atoms with van der Waals surface area (Å²) in [5.41, 5.74) is 0.895. The van der Waals surface area contributed by atoms with Gasteiger partial charge in [-0.05, 0) is 51.0 Å². The molecule has 0 saturated heterocycles. The smallest absolute Gasteiger partial charge is 0.251 e. The van der Waals surface area contributed by atoms with Gasteiger partial charge in [-0.25, -0.2) is 8.42 Å². The molecule has 1 heterocycles. The molecule has 0 radical (unpaired) electrons. The number of fused-ring (bicyclic) bond motifs is 1.